The van der Waals surface area contributed by atoms with Gasteiger partial charge >= 0.3 is 83.7 Å². The van der Waals surface area contributed by atoms with Crippen LogP contribution in [0.4, 0.5) is 39.5 Å². The smallest absolute Gasteiger partial charge is 0.549 e. The Morgan fingerprint density at radius 2 is 0.855 bits per heavy atom. The maximum atomic E-state index is 11.6. The summed E-state index contributed by atoms with van der Waals surface area (Å²) in [5, 5.41) is 13.2. The van der Waals surface area contributed by atoms with Crippen molar-refractivity contribution in [2.75, 3.05) is 46.0 Å². The van der Waals surface area contributed by atoms with Gasteiger partial charge in [0.15, 0.2) is 6.61 Å². The predicted molar refractivity (Wildman–Crippen MR) is 166 cm³/mol. The zero-order chi connectivity index (χ0) is 42.8. The number of halogens is 9. The number of hydrogen-bond donors (Lipinski definition) is 4. The molecule has 25 heteroatoms. The summed E-state index contributed by atoms with van der Waals surface area (Å²) in [4.78, 5) is 71.3. The number of ether oxygens (including phenoxy) is 3. The molecule has 310 valence electrons. The number of amides is 3. The van der Waals surface area contributed by atoms with Crippen LogP contribution in [0.1, 0.15) is 44.9 Å². The van der Waals surface area contributed by atoms with Crippen LogP contribution in [0.5, 0.6) is 0 Å². The van der Waals surface area contributed by atoms with E-state index in [2.05, 4.69) is 33.1 Å². The van der Waals surface area contributed by atoms with Crippen molar-refractivity contribution in [3.63, 3.8) is 0 Å². The third kappa shape index (κ3) is 45.7. The normalized spacial score (nSPS) is 11.7. The number of nitrogens with two attached hydrogens (primary N) is 1. The van der Waals surface area contributed by atoms with E-state index in [1.54, 1.807) is 0 Å². The van der Waals surface area contributed by atoms with Crippen molar-refractivity contribution >= 4 is 41.6 Å². The van der Waals surface area contributed by atoms with Crippen molar-refractivity contribution in [3.8, 4) is 12.3 Å². The van der Waals surface area contributed by atoms with Gasteiger partial charge < -0.3 is 45.8 Å². The summed E-state index contributed by atoms with van der Waals surface area (Å²) in [7, 11) is 0. The molecule has 0 heterocycles. The van der Waals surface area contributed by atoms with E-state index in [-0.39, 0.29) is 55.9 Å². The molecule has 0 unspecified atom stereocenters. The minimum atomic E-state index is -5.01. The summed E-state index contributed by atoms with van der Waals surface area (Å²) in [5.74, 6) is -8.76. The Kier molecular flexibility index (Phi) is 38.5. The molecule has 3 amide bonds. The Morgan fingerprint density at radius 1 is 0.618 bits per heavy atom. The molecule has 1 saturated carbocycles. The van der Waals surface area contributed by atoms with Crippen molar-refractivity contribution in [2.24, 2.45) is 5.73 Å². The Morgan fingerprint density at radius 3 is 1.04 bits per heavy atom. The van der Waals surface area contributed by atoms with Gasteiger partial charge in [-0.25, -0.2) is 0 Å². The number of terminal acetylenes is 1. The average Bonchev–Trinajstić information content (AvgIpc) is 3.42. The number of nitrogens with one attached hydrogen (secondary N) is 3. The Hall–Kier alpha value is -4.34. The van der Waals surface area contributed by atoms with Gasteiger partial charge in [-0.3, -0.25) is 28.8 Å². The average molecular weight is 827 g/mol. The molecule has 0 atom stereocenters. The first kappa shape index (κ1) is 59.9. The van der Waals surface area contributed by atoms with Crippen molar-refractivity contribution in [3.05, 3.63) is 25.3 Å². The van der Waals surface area contributed by atoms with E-state index < -0.39 is 79.8 Å². The first-order valence-electron chi connectivity index (χ1n) is 15.0. The van der Waals surface area contributed by atoms with Gasteiger partial charge in [-0.05, 0) is 0 Å². The molecule has 0 aliphatic heterocycles. The SMILES string of the molecule is C#CCOC(=O)CNC(=O)C(F)(F)F.C1CCCCCC1.C=CCOC(=O)CNC(=O)C(F)(F)F.C=CCOC(=O)CNC(=O)C(F)(F)F.NCC(=O)[O-].[Na+]. The molecule has 0 aromatic carbocycles. The molecule has 0 radical (unpaired) electrons. The molecular formula is C30H40F9N4NaO11. The second-order valence-corrected chi connectivity index (χ2v) is 9.40. The molecular weight excluding hydrogens is 786 g/mol. The van der Waals surface area contributed by atoms with Crippen LogP contribution < -0.4 is 56.3 Å². The summed E-state index contributed by atoms with van der Waals surface area (Å²) in [6.07, 6.45) is 2.73. The number of esters is 3. The van der Waals surface area contributed by atoms with Crippen LogP contribution >= 0.6 is 0 Å². The summed E-state index contributed by atoms with van der Waals surface area (Å²) in [6.45, 7) is 3.00. The van der Waals surface area contributed by atoms with Crippen LogP contribution in [0.3, 0.4) is 0 Å². The maximum absolute atomic E-state index is 11.6. The topological polar surface area (TPSA) is 232 Å². The number of hydrogen-bond acceptors (Lipinski definition) is 12. The standard InChI is InChI=1S/2C7H8F3NO3.C7H6F3NO3.C7H14.C2H5NO2.Na/c3*1-2-3-14-5(12)4-11-6(13)7(8,9)10;1-2-4-6-7-5-3-1;3-1-2(4)5;/h2*2H,1,3-4H2,(H,11,13);1H,3-4H2,(H,11,13);1-7H2;1,3H2,(H,4,5);/q;;;;;+1/p-1. The van der Waals surface area contributed by atoms with Crippen LogP contribution in [-0.4, -0.2) is 106 Å². The largest absolute Gasteiger partial charge is 1.00 e. The van der Waals surface area contributed by atoms with Gasteiger partial charge in [0.2, 0.25) is 0 Å². The fourth-order valence-electron chi connectivity index (χ4n) is 2.57. The van der Waals surface area contributed by atoms with E-state index in [1.165, 1.54) is 73.0 Å². The number of carbonyl (C=O) groups excluding carboxylic acids is 7. The van der Waals surface area contributed by atoms with Crippen molar-refractivity contribution in [1.29, 1.82) is 0 Å². The molecule has 1 aliphatic rings. The summed E-state index contributed by atoms with van der Waals surface area (Å²) >= 11 is 0. The zero-order valence-corrected chi connectivity index (χ0v) is 31.5. The van der Waals surface area contributed by atoms with Crippen LogP contribution in [0.15, 0.2) is 25.3 Å². The fraction of sp³-hybridized carbons (Fsp3) is 0.567. The second-order valence-electron chi connectivity index (χ2n) is 9.40. The van der Waals surface area contributed by atoms with Gasteiger partial charge in [0.1, 0.15) is 32.8 Å². The van der Waals surface area contributed by atoms with E-state index in [0.717, 1.165) is 0 Å². The maximum Gasteiger partial charge on any atom is 1.00 e. The van der Waals surface area contributed by atoms with Gasteiger partial charge in [-0.15, -0.1) is 6.42 Å². The fourth-order valence-corrected chi connectivity index (χ4v) is 2.57. The van der Waals surface area contributed by atoms with Gasteiger partial charge in [-0.1, -0.05) is 76.2 Å². The Labute approximate surface area is 331 Å². The van der Waals surface area contributed by atoms with Gasteiger partial charge in [0, 0.05) is 6.54 Å². The molecule has 1 aliphatic carbocycles. The summed E-state index contributed by atoms with van der Waals surface area (Å²) in [5.41, 5.74) is 4.51. The first-order chi connectivity index (χ1) is 24.9. The molecule has 15 nitrogen and oxygen atoms in total. The third-order valence-electron chi connectivity index (χ3n) is 4.91. The van der Waals surface area contributed by atoms with Gasteiger partial charge in [0.25, 0.3) is 0 Å². The summed E-state index contributed by atoms with van der Waals surface area (Å²) < 4.78 is 117. The molecule has 55 heavy (non-hydrogen) atoms. The van der Waals surface area contributed by atoms with Crippen molar-refractivity contribution in [1.82, 2.24) is 16.0 Å². The van der Waals surface area contributed by atoms with E-state index in [1.807, 2.05) is 5.92 Å². The van der Waals surface area contributed by atoms with E-state index >= 15 is 0 Å². The molecule has 1 rings (SSSR count). The third-order valence-corrected chi connectivity index (χ3v) is 4.91. The molecule has 0 aromatic rings. The van der Waals surface area contributed by atoms with E-state index in [9.17, 15) is 68.3 Å². The monoisotopic (exact) mass is 826 g/mol. The predicted octanol–water partition coefficient (Wildman–Crippen LogP) is -1.94. The molecule has 1 fully saturated rings. The zero-order valence-electron chi connectivity index (χ0n) is 29.5. The van der Waals surface area contributed by atoms with Crippen LogP contribution in [0.25, 0.3) is 0 Å². The quantitative estimate of drug-likeness (QED) is 0.0320. The number of alkyl halides is 9. The minimum absolute atomic E-state index is 0. The van der Waals surface area contributed by atoms with Crippen LogP contribution in [0.2, 0.25) is 0 Å². The number of carboxylic acids is 1. The number of aliphatic carboxylic acids is 1. The molecule has 0 spiro atoms. The molecule has 0 bridgehead atoms. The summed E-state index contributed by atoms with van der Waals surface area (Å²) in [6, 6.07) is 0. The second kappa shape index (κ2) is 35.4. The van der Waals surface area contributed by atoms with E-state index in [0.29, 0.717) is 0 Å². The van der Waals surface area contributed by atoms with Gasteiger partial charge in [0.05, 0.1) is 5.97 Å². The molecule has 0 aromatic heterocycles. The molecule has 0 saturated heterocycles. The number of carboxylic acid groups (broad SMARTS) is 1. The first-order valence-corrected chi connectivity index (χ1v) is 15.0. The number of carbonyl (C=O) groups is 7. The van der Waals surface area contributed by atoms with Crippen molar-refractivity contribution < 1.29 is 122 Å². The van der Waals surface area contributed by atoms with E-state index in [4.69, 9.17) is 16.3 Å². The van der Waals surface area contributed by atoms with Crippen LogP contribution in [0, 0.1) is 12.3 Å². The van der Waals surface area contributed by atoms with Crippen molar-refractivity contribution in [2.45, 2.75) is 63.5 Å². The Bertz CT molecular complexity index is 1160. The Balaban J connectivity index is -0.000000196. The molecule has 5 N–H and O–H groups in total. The van der Waals surface area contributed by atoms with Gasteiger partial charge in [-0.2, -0.15) is 39.5 Å². The minimum Gasteiger partial charge on any atom is -0.549 e. The number of rotatable bonds is 12. The van der Waals surface area contributed by atoms with Crippen LogP contribution in [-0.2, 0) is 47.8 Å².